The third kappa shape index (κ3) is 1.90. The van der Waals surface area contributed by atoms with Crippen LogP contribution in [0.1, 0.15) is 5.56 Å². The van der Waals surface area contributed by atoms with Gasteiger partial charge in [0.25, 0.3) is 0 Å². The van der Waals surface area contributed by atoms with Crippen LogP contribution in [-0.2, 0) is 0 Å². The summed E-state index contributed by atoms with van der Waals surface area (Å²) >= 11 is 0. The predicted molar refractivity (Wildman–Crippen MR) is 71.8 cm³/mol. The van der Waals surface area contributed by atoms with Crippen molar-refractivity contribution in [3.8, 4) is 17.3 Å². The summed E-state index contributed by atoms with van der Waals surface area (Å²) < 4.78 is 27.2. The smallest absolute Gasteiger partial charge is 0.144 e. The third-order valence-corrected chi connectivity index (χ3v) is 3.10. The van der Waals surface area contributed by atoms with E-state index in [2.05, 4.69) is 4.98 Å². The van der Waals surface area contributed by atoms with E-state index in [0.29, 0.717) is 11.8 Å². The van der Waals surface area contributed by atoms with Crippen LogP contribution in [0.5, 0.6) is 0 Å². The molecule has 96 valence electrons. The van der Waals surface area contributed by atoms with Crippen molar-refractivity contribution in [1.29, 1.82) is 5.26 Å². The summed E-state index contributed by atoms with van der Waals surface area (Å²) in [6, 6.07) is 12.8. The molecule has 0 radical (unpaired) electrons. The molecule has 3 aromatic rings. The number of hydrogen-bond acceptors (Lipinski definition) is 2. The summed E-state index contributed by atoms with van der Waals surface area (Å²) in [6.07, 6.45) is 1.56. The highest BCUT2D eigenvalue weighted by atomic mass is 19.1. The van der Waals surface area contributed by atoms with Crippen molar-refractivity contribution in [3.63, 3.8) is 0 Å². The molecule has 4 heteroatoms. The molecule has 0 atom stereocenters. The molecule has 0 N–H and O–H groups in total. The molecule has 0 aliphatic heterocycles. The van der Waals surface area contributed by atoms with Crippen LogP contribution in [0.25, 0.3) is 22.0 Å². The van der Waals surface area contributed by atoms with Crippen LogP contribution in [0.4, 0.5) is 8.78 Å². The Morgan fingerprint density at radius 2 is 1.85 bits per heavy atom. The lowest BCUT2D eigenvalue weighted by molar-refractivity contribution is 0.582. The topological polar surface area (TPSA) is 36.7 Å². The summed E-state index contributed by atoms with van der Waals surface area (Å²) in [5.41, 5.74) is 0.370. The minimum atomic E-state index is -0.878. The highest BCUT2D eigenvalue weighted by molar-refractivity contribution is 5.95. The molecular formula is C16H8F2N2. The molecule has 1 aromatic heterocycles. The number of pyridine rings is 1. The number of halogens is 2. The Morgan fingerprint density at radius 1 is 1.05 bits per heavy atom. The van der Waals surface area contributed by atoms with Gasteiger partial charge in [0, 0.05) is 23.2 Å². The van der Waals surface area contributed by atoms with Gasteiger partial charge in [-0.05, 0) is 17.5 Å². The van der Waals surface area contributed by atoms with Gasteiger partial charge in [0.05, 0.1) is 11.3 Å². The van der Waals surface area contributed by atoms with E-state index in [1.165, 1.54) is 0 Å². The van der Waals surface area contributed by atoms with Gasteiger partial charge in [0.2, 0.25) is 0 Å². The first-order chi connectivity index (χ1) is 9.70. The standard InChI is InChI=1S/C16H8F2N2/c17-11-7-13(14(9-19)15(18)8-11)16-12-4-2-1-3-10(12)5-6-20-16/h1-8H. The van der Waals surface area contributed by atoms with E-state index in [4.69, 9.17) is 5.26 Å². The lowest BCUT2D eigenvalue weighted by Gasteiger charge is -2.08. The number of benzene rings is 2. The van der Waals surface area contributed by atoms with E-state index in [1.54, 1.807) is 18.3 Å². The molecule has 0 fully saturated rings. The average Bonchev–Trinajstić information content (AvgIpc) is 2.46. The first kappa shape index (κ1) is 12.2. The van der Waals surface area contributed by atoms with Crippen molar-refractivity contribution < 1.29 is 8.78 Å². The maximum absolute atomic E-state index is 13.7. The number of hydrogen-bond donors (Lipinski definition) is 0. The Kier molecular flexibility index (Phi) is 2.88. The van der Waals surface area contributed by atoms with Crippen molar-refractivity contribution in [2.75, 3.05) is 0 Å². The van der Waals surface area contributed by atoms with E-state index in [1.807, 2.05) is 24.3 Å². The monoisotopic (exact) mass is 266 g/mol. The zero-order chi connectivity index (χ0) is 14.1. The van der Waals surface area contributed by atoms with Crippen LogP contribution >= 0.6 is 0 Å². The van der Waals surface area contributed by atoms with Crippen LogP contribution in [0.2, 0.25) is 0 Å². The number of nitrogens with zero attached hydrogens (tertiary/aromatic N) is 2. The molecule has 0 saturated heterocycles. The van der Waals surface area contributed by atoms with Gasteiger partial charge in [-0.1, -0.05) is 24.3 Å². The lowest BCUT2D eigenvalue weighted by Crippen LogP contribution is -1.95. The minimum absolute atomic E-state index is 0.168. The molecule has 0 saturated carbocycles. The van der Waals surface area contributed by atoms with Crippen LogP contribution in [0.3, 0.4) is 0 Å². The van der Waals surface area contributed by atoms with Crippen LogP contribution in [-0.4, -0.2) is 4.98 Å². The fraction of sp³-hybridized carbons (Fsp3) is 0. The number of fused-ring (bicyclic) bond motifs is 1. The highest BCUT2D eigenvalue weighted by Gasteiger charge is 2.15. The molecule has 20 heavy (non-hydrogen) atoms. The van der Waals surface area contributed by atoms with Gasteiger partial charge in [0.1, 0.15) is 17.7 Å². The number of aromatic nitrogens is 1. The van der Waals surface area contributed by atoms with Crippen molar-refractivity contribution in [2.45, 2.75) is 0 Å². The first-order valence-corrected chi connectivity index (χ1v) is 5.94. The quantitative estimate of drug-likeness (QED) is 0.666. The first-order valence-electron chi connectivity index (χ1n) is 5.94. The average molecular weight is 266 g/mol. The molecule has 0 amide bonds. The van der Waals surface area contributed by atoms with Gasteiger partial charge in [-0.25, -0.2) is 8.78 Å². The Labute approximate surface area is 113 Å². The van der Waals surface area contributed by atoms with Gasteiger partial charge in [-0.3, -0.25) is 4.98 Å². The third-order valence-electron chi connectivity index (χ3n) is 3.10. The van der Waals surface area contributed by atoms with Gasteiger partial charge < -0.3 is 0 Å². The minimum Gasteiger partial charge on any atom is -0.256 e. The molecule has 0 spiro atoms. The van der Waals surface area contributed by atoms with E-state index < -0.39 is 11.6 Å². The summed E-state index contributed by atoms with van der Waals surface area (Å²) in [5.74, 6) is -1.61. The van der Waals surface area contributed by atoms with E-state index in [9.17, 15) is 8.78 Å². The van der Waals surface area contributed by atoms with E-state index in [0.717, 1.165) is 16.8 Å². The van der Waals surface area contributed by atoms with Gasteiger partial charge >= 0.3 is 0 Å². The van der Waals surface area contributed by atoms with Crippen LogP contribution in [0.15, 0.2) is 48.7 Å². The molecular weight excluding hydrogens is 258 g/mol. The maximum Gasteiger partial charge on any atom is 0.144 e. The SMILES string of the molecule is N#Cc1c(F)cc(F)cc1-c1nccc2ccccc12. The van der Waals surface area contributed by atoms with Crippen LogP contribution < -0.4 is 0 Å². The van der Waals surface area contributed by atoms with E-state index >= 15 is 0 Å². The fourth-order valence-electron chi connectivity index (χ4n) is 2.21. The normalized spacial score (nSPS) is 10.4. The zero-order valence-electron chi connectivity index (χ0n) is 10.3. The van der Waals surface area contributed by atoms with Crippen molar-refractivity contribution >= 4 is 10.8 Å². The van der Waals surface area contributed by atoms with Crippen molar-refractivity contribution in [1.82, 2.24) is 4.98 Å². The maximum atomic E-state index is 13.7. The molecule has 0 bridgehead atoms. The lowest BCUT2D eigenvalue weighted by atomic mass is 9.99. The Morgan fingerprint density at radius 3 is 2.65 bits per heavy atom. The van der Waals surface area contributed by atoms with Crippen molar-refractivity contribution in [2.24, 2.45) is 0 Å². The molecule has 2 nitrogen and oxygen atoms in total. The van der Waals surface area contributed by atoms with Gasteiger partial charge in [-0.2, -0.15) is 5.26 Å². The Bertz CT molecular complexity index is 845. The largest absolute Gasteiger partial charge is 0.256 e. The highest BCUT2D eigenvalue weighted by Crippen LogP contribution is 2.30. The second-order valence-corrected chi connectivity index (χ2v) is 4.30. The molecule has 3 rings (SSSR count). The summed E-state index contributed by atoms with van der Waals surface area (Å²) in [7, 11) is 0. The van der Waals surface area contributed by atoms with Gasteiger partial charge in [-0.15, -0.1) is 0 Å². The fourth-order valence-corrected chi connectivity index (χ4v) is 2.21. The molecule has 1 heterocycles. The van der Waals surface area contributed by atoms with Gasteiger partial charge in [0.15, 0.2) is 0 Å². The van der Waals surface area contributed by atoms with E-state index in [-0.39, 0.29) is 11.1 Å². The van der Waals surface area contributed by atoms with Crippen LogP contribution in [0, 0.1) is 23.0 Å². The summed E-state index contributed by atoms with van der Waals surface area (Å²) in [4.78, 5) is 4.18. The number of nitriles is 1. The number of rotatable bonds is 1. The summed E-state index contributed by atoms with van der Waals surface area (Å²) in [5, 5.41) is 10.7. The predicted octanol–water partition coefficient (Wildman–Crippen LogP) is 4.05. The molecule has 0 aliphatic carbocycles. The Hall–Kier alpha value is -2.80. The summed E-state index contributed by atoms with van der Waals surface area (Å²) in [6.45, 7) is 0. The molecule has 0 aliphatic rings. The Balaban J connectivity index is 2.40. The molecule has 2 aromatic carbocycles. The second-order valence-electron chi connectivity index (χ2n) is 4.30. The van der Waals surface area contributed by atoms with Crippen molar-refractivity contribution in [3.05, 3.63) is 65.9 Å². The second kappa shape index (κ2) is 4.71. The molecule has 0 unspecified atom stereocenters. The zero-order valence-corrected chi connectivity index (χ0v) is 10.3.